The molecule has 3 N–H and O–H groups in total. The molecule has 0 fully saturated rings. The average molecular weight is 354 g/mol. The Balaban J connectivity index is 2.35. The number of halogens is 2. The van der Waals surface area contributed by atoms with E-state index in [0.717, 1.165) is 0 Å². The van der Waals surface area contributed by atoms with Crippen LogP contribution in [0.2, 0.25) is 0 Å². The van der Waals surface area contributed by atoms with Gasteiger partial charge in [-0.2, -0.15) is 0 Å². The van der Waals surface area contributed by atoms with Gasteiger partial charge in [0.15, 0.2) is 5.82 Å². The molecule has 1 aromatic carbocycles. The van der Waals surface area contributed by atoms with E-state index in [1.54, 1.807) is 19.1 Å². The van der Waals surface area contributed by atoms with Gasteiger partial charge >= 0.3 is 5.97 Å². The molecule has 0 aliphatic rings. The smallest absolute Gasteiger partial charge is 0.340 e. The van der Waals surface area contributed by atoms with Crippen LogP contribution in [0.15, 0.2) is 34.9 Å². The molecular formula is C14H13BrFN3O2. The molecule has 0 atom stereocenters. The minimum absolute atomic E-state index is 0.107. The van der Waals surface area contributed by atoms with Gasteiger partial charge in [0.05, 0.1) is 23.5 Å². The van der Waals surface area contributed by atoms with Gasteiger partial charge in [-0.25, -0.2) is 14.2 Å². The van der Waals surface area contributed by atoms with Crippen LogP contribution in [-0.4, -0.2) is 17.6 Å². The number of carbonyl (C=O) groups is 1. The second-order valence-corrected chi connectivity index (χ2v) is 5.01. The zero-order valence-corrected chi connectivity index (χ0v) is 12.8. The summed E-state index contributed by atoms with van der Waals surface area (Å²) in [6.07, 6.45) is 1.40. The Hall–Kier alpha value is -2.15. The summed E-state index contributed by atoms with van der Waals surface area (Å²) in [5.74, 6) is -0.811. The Kier molecular flexibility index (Phi) is 4.74. The predicted octanol–water partition coefficient (Wildman–Crippen LogP) is 3.49. The summed E-state index contributed by atoms with van der Waals surface area (Å²) in [5.41, 5.74) is 6.38. The van der Waals surface area contributed by atoms with Crippen molar-refractivity contribution >= 4 is 39.1 Å². The summed E-state index contributed by atoms with van der Waals surface area (Å²) >= 11 is 3.25. The number of aromatic nitrogens is 1. The molecule has 21 heavy (non-hydrogen) atoms. The van der Waals surface area contributed by atoms with Gasteiger partial charge in [-0.3, -0.25) is 0 Å². The van der Waals surface area contributed by atoms with Crippen molar-refractivity contribution in [1.82, 2.24) is 4.98 Å². The number of carbonyl (C=O) groups excluding carboxylic acids is 1. The Morgan fingerprint density at radius 2 is 2.24 bits per heavy atom. The molecule has 0 radical (unpaired) electrons. The molecule has 0 saturated carbocycles. The summed E-state index contributed by atoms with van der Waals surface area (Å²) in [6.45, 7) is 1.94. The molecule has 1 aromatic heterocycles. The van der Waals surface area contributed by atoms with Gasteiger partial charge in [-0.1, -0.05) is 15.9 Å². The van der Waals surface area contributed by atoms with E-state index in [9.17, 15) is 9.18 Å². The first-order chi connectivity index (χ1) is 10.0. The summed E-state index contributed by atoms with van der Waals surface area (Å²) in [7, 11) is 0. The lowest BCUT2D eigenvalue weighted by Crippen LogP contribution is -2.10. The van der Waals surface area contributed by atoms with E-state index in [1.165, 1.54) is 18.3 Å². The minimum atomic E-state index is -0.546. The normalized spacial score (nSPS) is 10.2. The number of nitrogens with zero attached hydrogens (tertiary/aromatic N) is 1. The van der Waals surface area contributed by atoms with Crippen LogP contribution in [0.5, 0.6) is 0 Å². The van der Waals surface area contributed by atoms with Crippen molar-refractivity contribution in [2.45, 2.75) is 6.92 Å². The van der Waals surface area contributed by atoms with Crippen LogP contribution in [-0.2, 0) is 4.74 Å². The third kappa shape index (κ3) is 3.49. The number of anilines is 3. The van der Waals surface area contributed by atoms with Crippen LogP contribution in [0.1, 0.15) is 17.3 Å². The topological polar surface area (TPSA) is 77.2 Å². The lowest BCUT2D eigenvalue weighted by Gasteiger charge is -2.12. The van der Waals surface area contributed by atoms with Gasteiger partial charge in [-0.15, -0.1) is 0 Å². The molecule has 0 amide bonds. The lowest BCUT2D eigenvalue weighted by molar-refractivity contribution is 0.0527. The van der Waals surface area contributed by atoms with E-state index in [2.05, 4.69) is 26.2 Å². The molecule has 5 nitrogen and oxygen atoms in total. The molecule has 0 bridgehead atoms. The molecule has 0 spiro atoms. The number of pyridine rings is 1. The van der Waals surface area contributed by atoms with Gasteiger partial charge in [-0.05, 0) is 31.2 Å². The minimum Gasteiger partial charge on any atom is -0.462 e. The third-order valence-electron chi connectivity index (χ3n) is 2.67. The van der Waals surface area contributed by atoms with Crippen molar-refractivity contribution in [3.05, 3.63) is 46.3 Å². The third-order valence-corrected chi connectivity index (χ3v) is 3.16. The van der Waals surface area contributed by atoms with E-state index in [-0.39, 0.29) is 29.4 Å². The summed E-state index contributed by atoms with van der Waals surface area (Å²) in [6, 6.07) is 5.88. The molecule has 110 valence electrons. The summed E-state index contributed by atoms with van der Waals surface area (Å²) < 4.78 is 19.3. The van der Waals surface area contributed by atoms with Crippen LogP contribution >= 0.6 is 15.9 Å². The van der Waals surface area contributed by atoms with Crippen LogP contribution in [0.25, 0.3) is 0 Å². The van der Waals surface area contributed by atoms with Crippen molar-refractivity contribution in [2.75, 3.05) is 17.7 Å². The van der Waals surface area contributed by atoms with Crippen LogP contribution < -0.4 is 11.1 Å². The van der Waals surface area contributed by atoms with E-state index in [4.69, 9.17) is 10.5 Å². The fourth-order valence-corrected chi connectivity index (χ4v) is 2.04. The second-order valence-electron chi connectivity index (χ2n) is 4.09. The average Bonchev–Trinajstić information content (AvgIpc) is 2.45. The number of rotatable bonds is 4. The number of benzene rings is 1. The van der Waals surface area contributed by atoms with Crippen molar-refractivity contribution < 1.29 is 13.9 Å². The quantitative estimate of drug-likeness (QED) is 0.822. The van der Waals surface area contributed by atoms with Crippen molar-refractivity contribution in [3.63, 3.8) is 0 Å². The highest BCUT2D eigenvalue weighted by Crippen LogP contribution is 2.27. The maximum Gasteiger partial charge on any atom is 0.340 e. The highest BCUT2D eigenvalue weighted by molar-refractivity contribution is 9.10. The number of nitrogens with two attached hydrogens (primary N) is 1. The van der Waals surface area contributed by atoms with Gasteiger partial charge in [0.2, 0.25) is 0 Å². The van der Waals surface area contributed by atoms with Crippen LogP contribution in [0, 0.1) is 5.82 Å². The Bertz CT molecular complexity index is 679. The summed E-state index contributed by atoms with van der Waals surface area (Å²) in [5, 5.41) is 2.77. The molecule has 1 heterocycles. The number of hydrogen-bond donors (Lipinski definition) is 2. The van der Waals surface area contributed by atoms with Crippen molar-refractivity contribution in [1.29, 1.82) is 0 Å². The van der Waals surface area contributed by atoms with E-state index in [0.29, 0.717) is 4.47 Å². The maximum absolute atomic E-state index is 13.7. The highest BCUT2D eigenvalue weighted by atomic mass is 79.9. The predicted molar refractivity (Wildman–Crippen MR) is 82.0 cm³/mol. The highest BCUT2D eigenvalue weighted by Gasteiger charge is 2.15. The summed E-state index contributed by atoms with van der Waals surface area (Å²) in [4.78, 5) is 15.8. The molecule has 0 aliphatic carbocycles. The van der Waals surface area contributed by atoms with Crippen LogP contribution in [0.3, 0.4) is 0 Å². The standard InChI is InChI=1S/C14H13BrFN3O2/c1-2-21-14(20)9-5-6-18-13(12(9)17)19-11-7-8(15)3-4-10(11)16/h3-7H,2,17H2,1H3,(H,18,19). The van der Waals surface area contributed by atoms with Crippen molar-refractivity contribution in [3.8, 4) is 0 Å². The Morgan fingerprint density at radius 3 is 2.95 bits per heavy atom. The van der Waals surface area contributed by atoms with Gasteiger partial charge in [0.25, 0.3) is 0 Å². The molecule has 2 aromatic rings. The lowest BCUT2D eigenvalue weighted by atomic mass is 10.2. The fraction of sp³-hybridized carbons (Fsp3) is 0.143. The Labute approximate surface area is 129 Å². The second kappa shape index (κ2) is 6.53. The number of nitrogens with one attached hydrogen (secondary N) is 1. The molecular weight excluding hydrogens is 341 g/mol. The first-order valence-corrected chi connectivity index (χ1v) is 6.96. The van der Waals surface area contributed by atoms with Crippen LogP contribution in [0.4, 0.5) is 21.6 Å². The van der Waals surface area contributed by atoms with Crippen molar-refractivity contribution in [2.24, 2.45) is 0 Å². The SMILES string of the molecule is CCOC(=O)c1ccnc(Nc2cc(Br)ccc2F)c1N. The molecule has 0 unspecified atom stereocenters. The number of hydrogen-bond acceptors (Lipinski definition) is 5. The Morgan fingerprint density at radius 1 is 1.48 bits per heavy atom. The molecule has 0 aliphatic heterocycles. The van der Waals surface area contributed by atoms with Gasteiger partial charge < -0.3 is 15.8 Å². The largest absolute Gasteiger partial charge is 0.462 e. The molecule has 7 heteroatoms. The van der Waals surface area contributed by atoms with E-state index >= 15 is 0 Å². The first-order valence-electron chi connectivity index (χ1n) is 6.16. The van der Waals surface area contributed by atoms with Gasteiger partial charge in [0.1, 0.15) is 5.82 Å². The fourth-order valence-electron chi connectivity index (χ4n) is 1.68. The van der Waals surface area contributed by atoms with E-state index < -0.39 is 11.8 Å². The molecule has 2 rings (SSSR count). The zero-order chi connectivity index (χ0) is 15.4. The number of ether oxygens (including phenoxy) is 1. The molecule has 0 saturated heterocycles. The zero-order valence-electron chi connectivity index (χ0n) is 11.2. The van der Waals surface area contributed by atoms with E-state index in [1.807, 2.05) is 0 Å². The first kappa shape index (κ1) is 15.2. The van der Waals surface area contributed by atoms with Gasteiger partial charge in [0, 0.05) is 10.7 Å². The monoisotopic (exact) mass is 353 g/mol. The number of esters is 1. The number of nitrogen functional groups attached to an aromatic ring is 1. The maximum atomic E-state index is 13.7.